The molecule has 0 bridgehead atoms. The summed E-state index contributed by atoms with van der Waals surface area (Å²) in [4.78, 5) is 24.5. The smallest absolute Gasteiger partial charge is 0.416 e. The van der Waals surface area contributed by atoms with E-state index in [0.29, 0.717) is 25.0 Å². The molecule has 2 N–H and O–H groups in total. The lowest BCUT2D eigenvalue weighted by Crippen LogP contribution is -2.44. The summed E-state index contributed by atoms with van der Waals surface area (Å²) in [6.45, 7) is 0.885. The van der Waals surface area contributed by atoms with Gasteiger partial charge in [-0.3, -0.25) is 14.5 Å². The van der Waals surface area contributed by atoms with E-state index >= 15 is 0 Å². The molecule has 1 aromatic carbocycles. The number of alkyl halides is 6. The predicted octanol–water partition coefficient (Wildman–Crippen LogP) is 3.60. The van der Waals surface area contributed by atoms with Crippen molar-refractivity contribution < 1.29 is 41.0 Å². The summed E-state index contributed by atoms with van der Waals surface area (Å²) >= 11 is 0. The number of carboxylic acid groups (broad SMARTS) is 1. The number of hydrogen-bond acceptors (Lipinski definition) is 3. The average molecular weight is 398 g/mol. The van der Waals surface area contributed by atoms with Crippen LogP contribution in [0.5, 0.6) is 0 Å². The lowest BCUT2D eigenvalue weighted by atomic mass is 10.1. The van der Waals surface area contributed by atoms with Gasteiger partial charge in [0.2, 0.25) is 5.91 Å². The number of halogens is 6. The topological polar surface area (TPSA) is 69.6 Å². The number of nitrogens with one attached hydrogen (secondary N) is 1. The number of nitrogens with zero attached hydrogens (tertiary/aromatic N) is 1. The van der Waals surface area contributed by atoms with E-state index < -0.39 is 53.6 Å². The Morgan fingerprint density at radius 1 is 1.11 bits per heavy atom. The quantitative estimate of drug-likeness (QED) is 0.719. The molecule has 1 fully saturated rings. The molecule has 1 aliphatic rings. The number of carbonyl (C=O) groups excluding carboxylic acids is 1. The van der Waals surface area contributed by atoms with Crippen LogP contribution in [0, 0.1) is 0 Å². The first-order valence-corrected chi connectivity index (χ1v) is 7.87. The molecular weight excluding hydrogens is 382 g/mol. The van der Waals surface area contributed by atoms with Gasteiger partial charge >= 0.3 is 18.3 Å². The van der Waals surface area contributed by atoms with Crippen LogP contribution in [0.3, 0.4) is 0 Å². The summed E-state index contributed by atoms with van der Waals surface area (Å²) in [6, 6.07) is -0.423. The molecule has 27 heavy (non-hydrogen) atoms. The van der Waals surface area contributed by atoms with Gasteiger partial charge in [0, 0.05) is 11.7 Å². The SMILES string of the molecule is CC(C(=O)O)N(CC(=O)Nc1cc(C(F)(F)F)cc(C(F)(F)F)c1)C1CC1. The highest BCUT2D eigenvalue weighted by atomic mass is 19.4. The van der Waals surface area contributed by atoms with E-state index in [-0.39, 0.29) is 12.1 Å². The number of benzene rings is 1. The minimum Gasteiger partial charge on any atom is -0.480 e. The van der Waals surface area contributed by atoms with Gasteiger partial charge in [-0.25, -0.2) is 0 Å². The Labute approximate surface area is 149 Å². The summed E-state index contributed by atoms with van der Waals surface area (Å²) < 4.78 is 77.0. The largest absolute Gasteiger partial charge is 0.480 e. The summed E-state index contributed by atoms with van der Waals surface area (Å²) in [6.07, 6.45) is -8.74. The first-order valence-electron chi connectivity index (χ1n) is 7.87. The van der Waals surface area contributed by atoms with Gasteiger partial charge < -0.3 is 10.4 Å². The molecule has 0 saturated heterocycles. The fourth-order valence-electron chi connectivity index (χ4n) is 2.52. The Balaban J connectivity index is 2.22. The predicted molar refractivity (Wildman–Crippen MR) is 81.9 cm³/mol. The fourth-order valence-corrected chi connectivity index (χ4v) is 2.52. The first-order chi connectivity index (χ1) is 12.3. The van der Waals surface area contributed by atoms with Crippen LogP contribution >= 0.6 is 0 Å². The van der Waals surface area contributed by atoms with Crippen molar-refractivity contribution >= 4 is 17.6 Å². The second kappa shape index (κ2) is 7.37. The molecule has 0 spiro atoms. The summed E-state index contributed by atoms with van der Waals surface area (Å²) in [5.74, 6) is -2.09. The summed E-state index contributed by atoms with van der Waals surface area (Å²) in [7, 11) is 0. The monoisotopic (exact) mass is 398 g/mol. The standard InChI is InChI=1S/C16H16F6N2O3/c1-8(14(26)27)24(12-2-3-12)7-13(25)23-11-5-9(15(17,18)19)4-10(6-11)16(20,21)22/h4-6,8,12H,2-3,7H2,1H3,(H,23,25)(H,26,27). The zero-order valence-electron chi connectivity index (χ0n) is 14.0. The lowest BCUT2D eigenvalue weighted by Gasteiger charge is -2.25. The molecule has 5 nitrogen and oxygen atoms in total. The highest BCUT2D eigenvalue weighted by molar-refractivity contribution is 5.93. The first kappa shape index (κ1) is 21.0. The van der Waals surface area contributed by atoms with Gasteiger partial charge in [0.1, 0.15) is 6.04 Å². The van der Waals surface area contributed by atoms with Crippen molar-refractivity contribution in [1.29, 1.82) is 0 Å². The zero-order chi connectivity index (χ0) is 20.6. The van der Waals surface area contributed by atoms with Crippen molar-refractivity contribution in [2.75, 3.05) is 11.9 Å². The minimum atomic E-state index is -5.03. The number of carboxylic acids is 1. The number of rotatable bonds is 6. The molecule has 2 rings (SSSR count). The third kappa shape index (κ3) is 5.59. The molecule has 0 aromatic heterocycles. The van der Waals surface area contributed by atoms with Crippen LogP contribution in [-0.4, -0.2) is 40.5 Å². The van der Waals surface area contributed by atoms with E-state index in [2.05, 4.69) is 0 Å². The maximum absolute atomic E-state index is 12.8. The van der Waals surface area contributed by atoms with E-state index in [9.17, 15) is 35.9 Å². The number of anilines is 1. The van der Waals surface area contributed by atoms with Crippen LogP contribution < -0.4 is 5.32 Å². The normalized spacial score (nSPS) is 16.3. The van der Waals surface area contributed by atoms with Crippen molar-refractivity contribution in [3.8, 4) is 0 Å². The van der Waals surface area contributed by atoms with Crippen LogP contribution in [-0.2, 0) is 21.9 Å². The van der Waals surface area contributed by atoms with Crippen LogP contribution in [0.2, 0.25) is 0 Å². The van der Waals surface area contributed by atoms with Crippen molar-refractivity contribution in [3.05, 3.63) is 29.3 Å². The van der Waals surface area contributed by atoms with Crippen LogP contribution in [0.25, 0.3) is 0 Å². The van der Waals surface area contributed by atoms with Crippen LogP contribution in [0.1, 0.15) is 30.9 Å². The van der Waals surface area contributed by atoms with Gasteiger partial charge in [0.25, 0.3) is 0 Å². The lowest BCUT2D eigenvalue weighted by molar-refractivity contribution is -0.144. The molecule has 1 amide bonds. The molecule has 150 valence electrons. The molecule has 0 radical (unpaired) electrons. The molecule has 1 atom stereocenters. The van der Waals surface area contributed by atoms with Gasteiger partial charge in [-0.05, 0) is 38.0 Å². The highest BCUT2D eigenvalue weighted by Gasteiger charge is 2.38. The molecule has 1 aromatic rings. The Hall–Kier alpha value is -2.30. The third-order valence-corrected chi connectivity index (χ3v) is 4.07. The van der Waals surface area contributed by atoms with Gasteiger partial charge in [-0.2, -0.15) is 26.3 Å². The fraction of sp³-hybridized carbons (Fsp3) is 0.500. The van der Waals surface area contributed by atoms with Crippen LogP contribution in [0.15, 0.2) is 18.2 Å². The molecule has 1 aliphatic carbocycles. The van der Waals surface area contributed by atoms with E-state index in [0.717, 1.165) is 0 Å². The van der Waals surface area contributed by atoms with Gasteiger partial charge in [-0.1, -0.05) is 0 Å². The maximum atomic E-state index is 12.8. The number of aliphatic carboxylic acids is 1. The Bertz CT molecular complexity index is 696. The van der Waals surface area contributed by atoms with Gasteiger partial charge in [0.15, 0.2) is 0 Å². The summed E-state index contributed by atoms with van der Waals surface area (Å²) in [5.41, 5.74) is -3.77. The number of carbonyl (C=O) groups is 2. The number of hydrogen-bond donors (Lipinski definition) is 2. The molecule has 0 aliphatic heterocycles. The van der Waals surface area contributed by atoms with Gasteiger partial charge in [0.05, 0.1) is 17.7 Å². The molecule has 1 saturated carbocycles. The summed E-state index contributed by atoms with van der Waals surface area (Å²) in [5, 5.41) is 11.1. The molecule has 0 heterocycles. The molecule has 1 unspecified atom stereocenters. The van der Waals surface area contributed by atoms with Crippen LogP contribution in [0.4, 0.5) is 32.0 Å². The van der Waals surface area contributed by atoms with Gasteiger partial charge in [-0.15, -0.1) is 0 Å². The third-order valence-electron chi connectivity index (χ3n) is 4.07. The number of amides is 1. The Morgan fingerprint density at radius 2 is 1.59 bits per heavy atom. The average Bonchev–Trinajstić information content (AvgIpc) is 3.34. The second-order valence-electron chi connectivity index (χ2n) is 6.26. The van der Waals surface area contributed by atoms with E-state index in [1.54, 1.807) is 0 Å². The second-order valence-corrected chi connectivity index (χ2v) is 6.26. The molecule has 11 heteroatoms. The van der Waals surface area contributed by atoms with E-state index in [1.165, 1.54) is 11.8 Å². The van der Waals surface area contributed by atoms with E-state index in [1.807, 2.05) is 5.32 Å². The molecular formula is C16H16F6N2O3. The van der Waals surface area contributed by atoms with Crippen molar-refractivity contribution in [2.24, 2.45) is 0 Å². The van der Waals surface area contributed by atoms with Crippen molar-refractivity contribution in [2.45, 2.75) is 44.2 Å². The minimum absolute atomic E-state index is 0.0430. The zero-order valence-corrected chi connectivity index (χ0v) is 14.0. The Kier molecular flexibility index (Phi) is 5.74. The Morgan fingerprint density at radius 3 is 1.96 bits per heavy atom. The highest BCUT2D eigenvalue weighted by Crippen LogP contribution is 2.37. The maximum Gasteiger partial charge on any atom is 0.416 e. The van der Waals surface area contributed by atoms with E-state index in [4.69, 9.17) is 5.11 Å². The van der Waals surface area contributed by atoms with Crippen molar-refractivity contribution in [1.82, 2.24) is 4.90 Å². The van der Waals surface area contributed by atoms with Crippen molar-refractivity contribution in [3.63, 3.8) is 0 Å².